The average Bonchev–Trinajstić information content (AvgIpc) is 2.68. The largest absolute Gasteiger partial charge is 0.497 e. The molecule has 1 aliphatic rings. The number of nitrogens with one attached hydrogen (secondary N) is 2. The van der Waals surface area contributed by atoms with Crippen LogP contribution in [0, 0.1) is 0 Å². The van der Waals surface area contributed by atoms with E-state index < -0.39 is 17.8 Å². The van der Waals surface area contributed by atoms with Crippen LogP contribution in [-0.2, 0) is 10.9 Å². The third-order valence-electron chi connectivity index (χ3n) is 4.27. The van der Waals surface area contributed by atoms with Crippen molar-refractivity contribution < 1.29 is 27.4 Å². The maximum atomic E-state index is 13.1. The quantitative estimate of drug-likeness (QED) is 0.815. The first-order chi connectivity index (χ1) is 13.4. The second-order valence-electron chi connectivity index (χ2n) is 6.14. The van der Waals surface area contributed by atoms with Crippen LogP contribution in [0.5, 0.6) is 5.75 Å². The zero-order valence-electron chi connectivity index (χ0n) is 15.2. The highest BCUT2D eigenvalue weighted by Crippen LogP contribution is 2.35. The number of rotatable bonds is 4. The van der Waals surface area contributed by atoms with E-state index in [1.165, 1.54) is 13.2 Å². The van der Waals surface area contributed by atoms with Gasteiger partial charge in [0.25, 0.3) is 0 Å². The van der Waals surface area contributed by atoms with Gasteiger partial charge in [0, 0.05) is 18.8 Å². The molecule has 28 heavy (non-hydrogen) atoms. The number of ether oxygens (including phenoxy) is 2. The molecule has 6 nitrogen and oxygen atoms in total. The van der Waals surface area contributed by atoms with Crippen molar-refractivity contribution >= 4 is 23.1 Å². The second kappa shape index (κ2) is 8.39. The third kappa shape index (κ3) is 4.86. The summed E-state index contributed by atoms with van der Waals surface area (Å²) in [6, 6.07) is 9.28. The Labute approximate surface area is 160 Å². The number of hydrogen-bond donors (Lipinski definition) is 2. The number of methoxy groups -OCH3 is 1. The first-order valence-electron chi connectivity index (χ1n) is 8.63. The summed E-state index contributed by atoms with van der Waals surface area (Å²) >= 11 is 0. The lowest BCUT2D eigenvalue weighted by atomic mass is 10.1. The van der Waals surface area contributed by atoms with Gasteiger partial charge in [0.15, 0.2) is 0 Å². The van der Waals surface area contributed by atoms with Crippen LogP contribution >= 0.6 is 0 Å². The van der Waals surface area contributed by atoms with E-state index >= 15 is 0 Å². The van der Waals surface area contributed by atoms with Gasteiger partial charge in [0.05, 0.1) is 37.3 Å². The van der Waals surface area contributed by atoms with Crippen LogP contribution in [-0.4, -0.2) is 39.4 Å². The van der Waals surface area contributed by atoms with Crippen molar-refractivity contribution in [2.24, 2.45) is 0 Å². The third-order valence-corrected chi connectivity index (χ3v) is 4.27. The topological polar surface area (TPSA) is 62.8 Å². The highest BCUT2D eigenvalue weighted by Gasteiger charge is 2.32. The molecule has 0 saturated carbocycles. The fraction of sp³-hybridized carbons (Fsp3) is 0.316. The minimum absolute atomic E-state index is 0.0859. The summed E-state index contributed by atoms with van der Waals surface area (Å²) in [5, 5.41) is 5.13. The molecule has 0 aromatic heterocycles. The molecule has 1 heterocycles. The van der Waals surface area contributed by atoms with Crippen molar-refractivity contribution in [1.82, 2.24) is 0 Å². The van der Waals surface area contributed by atoms with Crippen molar-refractivity contribution in [3.63, 3.8) is 0 Å². The molecule has 1 aliphatic heterocycles. The monoisotopic (exact) mass is 395 g/mol. The van der Waals surface area contributed by atoms with Crippen molar-refractivity contribution in [2.75, 3.05) is 48.9 Å². The number of benzene rings is 2. The van der Waals surface area contributed by atoms with E-state index in [0.717, 1.165) is 12.1 Å². The van der Waals surface area contributed by atoms with Gasteiger partial charge in [0.2, 0.25) is 0 Å². The van der Waals surface area contributed by atoms with Crippen molar-refractivity contribution in [3.8, 4) is 5.75 Å². The Balaban J connectivity index is 1.81. The average molecular weight is 395 g/mol. The van der Waals surface area contributed by atoms with Crippen LogP contribution in [0.2, 0.25) is 0 Å². The molecular formula is C19H20F3N3O3. The summed E-state index contributed by atoms with van der Waals surface area (Å²) in [6.45, 7) is 2.00. The standard InChI is InChI=1S/C19H20F3N3O3/c1-27-15-5-3-14(4-6-15)23-18(26)24-16-12-13(19(20,21)22)2-7-17(16)25-8-10-28-11-9-25/h2-7,12H,8-11H2,1H3,(H2,23,24,26). The van der Waals surface area contributed by atoms with Crippen LogP contribution in [0.4, 0.5) is 35.0 Å². The van der Waals surface area contributed by atoms with Gasteiger partial charge in [-0.1, -0.05) is 0 Å². The molecule has 1 fully saturated rings. The van der Waals surface area contributed by atoms with Gasteiger partial charge in [-0.2, -0.15) is 13.2 Å². The van der Waals surface area contributed by atoms with Crippen molar-refractivity contribution in [1.29, 1.82) is 0 Å². The predicted molar refractivity (Wildman–Crippen MR) is 100 cm³/mol. The minimum atomic E-state index is -4.51. The Morgan fingerprint density at radius 3 is 2.36 bits per heavy atom. The lowest BCUT2D eigenvalue weighted by molar-refractivity contribution is -0.137. The Bertz CT molecular complexity index is 819. The predicted octanol–water partition coefficient (Wildman–Crippen LogP) is 4.19. The number of anilines is 3. The number of hydrogen-bond acceptors (Lipinski definition) is 4. The second-order valence-corrected chi connectivity index (χ2v) is 6.14. The van der Waals surface area contributed by atoms with Crippen molar-refractivity contribution in [2.45, 2.75) is 6.18 Å². The lowest BCUT2D eigenvalue weighted by Crippen LogP contribution is -2.37. The fourth-order valence-corrected chi connectivity index (χ4v) is 2.85. The molecule has 0 bridgehead atoms. The molecule has 150 valence electrons. The van der Waals surface area contributed by atoms with Gasteiger partial charge in [-0.05, 0) is 42.5 Å². The number of urea groups is 1. The van der Waals surface area contributed by atoms with E-state index in [2.05, 4.69) is 10.6 Å². The summed E-state index contributed by atoms with van der Waals surface area (Å²) in [5.41, 5.74) is 0.256. The van der Waals surface area contributed by atoms with Gasteiger partial charge < -0.3 is 25.0 Å². The van der Waals surface area contributed by atoms with E-state index in [9.17, 15) is 18.0 Å². The molecule has 2 N–H and O–H groups in total. The van der Waals surface area contributed by atoms with E-state index in [1.807, 2.05) is 4.90 Å². The Morgan fingerprint density at radius 2 is 1.75 bits per heavy atom. The Hall–Kier alpha value is -2.94. The number of carbonyl (C=O) groups excluding carboxylic acids is 1. The van der Waals surface area contributed by atoms with Crippen LogP contribution in [0.25, 0.3) is 0 Å². The van der Waals surface area contributed by atoms with Crippen LogP contribution < -0.4 is 20.3 Å². The van der Waals surface area contributed by atoms with E-state index in [1.54, 1.807) is 24.3 Å². The molecule has 2 amide bonds. The number of morpholine rings is 1. The van der Waals surface area contributed by atoms with Crippen LogP contribution in [0.1, 0.15) is 5.56 Å². The summed E-state index contributed by atoms with van der Waals surface area (Å²) in [6.07, 6.45) is -4.51. The lowest BCUT2D eigenvalue weighted by Gasteiger charge is -2.31. The van der Waals surface area contributed by atoms with Gasteiger partial charge in [-0.3, -0.25) is 0 Å². The summed E-state index contributed by atoms with van der Waals surface area (Å²) < 4.78 is 49.7. The Kier molecular flexibility index (Phi) is 5.93. The van der Waals surface area contributed by atoms with Crippen LogP contribution in [0.15, 0.2) is 42.5 Å². The number of halogens is 3. The summed E-state index contributed by atoms with van der Waals surface area (Å²) in [4.78, 5) is 14.2. The number of alkyl halides is 3. The first-order valence-corrected chi connectivity index (χ1v) is 8.63. The molecule has 2 aromatic carbocycles. The maximum absolute atomic E-state index is 13.1. The highest BCUT2D eigenvalue weighted by molar-refractivity contribution is 6.02. The molecular weight excluding hydrogens is 375 g/mol. The SMILES string of the molecule is COc1ccc(NC(=O)Nc2cc(C(F)(F)F)ccc2N2CCOCC2)cc1. The number of amides is 2. The number of nitrogens with zero attached hydrogens (tertiary/aromatic N) is 1. The molecule has 0 unspecified atom stereocenters. The summed E-state index contributed by atoms with van der Waals surface area (Å²) in [5.74, 6) is 0.624. The van der Waals surface area contributed by atoms with Gasteiger partial charge in [-0.25, -0.2) is 4.79 Å². The molecule has 0 aliphatic carbocycles. The molecule has 1 saturated heterocycles. The van der Waals surface area contributed by atoms with Crippen molar-refractivity contribution in [3.05, 3.63) is 48.0 Å². The van der Waals surface area contributed by atoms with E-state index in [0.29, 0.717) is 43.4 Å². The zero-order chi connectivity index (χ0) is 20.1. The molecule has 0 spiro atoms. The number of carbonyl (C=O) groups is 1. The van der Waals surface area contributed by atoms with Gasteiger partial charge >= 0.3 is 12.2 Å². The minimum Gasteiger partial charge on any atom is -0.497 e. The van der Waals surface area contributed by atoms with Crippen LogP contribution in [0.3, 0.4) is 0 Å². The first kappa shape index (κ1) is 19.8. The molecule has 0 radical (unpaired) electrons. The maximum Gasteiger partial charge on any atom is 0.416 e. The van der Waals surface area contributed by atoms with Gasteiger partial charge in [-0.15, -0.1) is 0 Å². The fourth-order valence-electron chi connectivity index (χ4n) is 2.85. The van der Waals surface area contributed by atoms with E-state index in [-0.39, 0.29) is 5.69 Å². The zero-order valence-corrected chi connectivity index (χ0v) is 15.2. The molecule has 9 heteroatoms. The highest BCUT2D eigenvalue weighted by atomic mass is 19.4. The molecule has 3 rings (SSSR count). The summed E-state index contributed by atoms with van der Waals surface area (Å²) in [7, 11) is 1.52. The normalized spacial score (nSPS) is 14.5. The van der Waals surface area contributed by atoms with E-state index in [4.69, 9.17) is 9.47 Å². The smallest absolute Gasteiger partial charge is 0.416 e. The Morgan fingerprint density at radius 1 is 1.07 bits per heavy atom. The molecule has 0 atom stereocenters. The van der Waals surface area contributed by atoms with Gasteiger partial charge in [0.1, 0.15) is 5.75 Å². The molecule has 2 aromatic rings.